The molecule has 4 aliphatic rings. The Balaban J connectivity index is 0.986. The summed E-state index contributed by atoms with van der Waals surface area (Å²) in [5.41, 5.74) is 1.10. The number of aromatic nitrogens is 6. The van der Waals surface area contributed by atoms with E-state index in [1.165, 1.54) is 46.8 Å². The number of methoxy groups -OCH3 is 3. The molecule has 10 rings (SSSR count). The average Bonchev–Trinajstić information content (AvgIpc) is 1.64. The zero-order chi connectivity index (χ0) is 85.7. The minimum atomic E-state index is -4.59. The maximum absolute atomic E-state index is 14.7. The van der Waals surface area contributed by atoms with Crippen LogP contribution in [0.3, 0.4) is 0 Å². The molecule has 7 heterocycles. The monoisotopic (exact) mass is 1730 g/mol. The number of anilines is 2. The van der Waals surface area contributed by atoms with Gasteiger partial charge in [0.15, 0.2) is 24.8 Å². The molecule has 0 radical (unpaired) electrons. The highest BCUT2D eigenvalue weighted by molar-refractivity contribution is 8.07. The second kappa shape index (κ2) is 43.5. The summed E-state index contributed by atoms with van der Waals surface area (Å²) in [6.45, 7) is 13.1. The number of aromatic amines is 1. The molecule has 4 saturated heterocycles. The highest BCUT2D eigenvalue weighted by Gasteiger charge is 2.55. The molecule has 38 nitrogen and oxygen atoms in total. The predicted octanol–water partition coefficient (Wildman–Crippen LogP) is 4.99. The van der Waals surface area contributed by atoms with Crippen molar-refractivity contribution in [2.45, 2.75) is 128 Å². The summed E-state index contributed by atoms with van der Waals surface area (Å²) < 4.78 is 104. The number of nitrogens with one attached hydrogen (secondary N) is 3. The lowest BCUT2D eigenvalue weighted by atomic mass is 10.00. The van der Waals surface area contributed by atoms with Gasteiger partial charge in [0.05, 0.1) is 65.9 Å². The van der Waals surface area contributed by atoms with Crippen molar-refractivity contribution in [1.82, 2.24) is 38.5 Å². The summed E-state index contributed by atoms with van der Waals surface area (Å²) in [7, 11) is 4.22. The largest absolute Gasteiger partial charge is 0.456 e. The molecule has 3 aromatic heterocycles. The number of ether oxygens (including phenoxy) is 10. The summed E-state index contributed by atoms with van der Waals surface area (Å²) in [4.78, 5) is 145. The molecule has 4 aliphatic heterocycles. The number of nitrogens with zero attached hydrogens (tertiary/aromatic N) is 9. The molecule has 0 bridgehead atoms. The first kappa shape index (κ1) is 92.4. The van der Waals surface area contributed by atoms with Crippen LogP contribution in [0.1, 0.15) is 96.0 Å². The van der Waals surface area contributed by atoms with E-state index in [0.29, 0.717) is 16.7 Å². The van der Waals surface area contributed by atoms with Crippen molar-refractivity contribution < 1.29 is 104 Å². The highest BCUT2D eigenvalue weighted by atomic mass is 32.5. The van der Waals surface area contributed by atoms with E-state index in [0.717, 1.165) is 30.4 Å². The zero-order valence-electron chi connectivity index (χ0n) is 66.9. The van der Waals surface area contributed by atoms with Gasteiger partial charge in [-0.15, -0.1) is 0 Å². The van der Waals surface area contributed by atoms with Crippen LogP contribution in [-0.2, 0) is 108 Å². The van der Waals surface area contributed by atoms with Gasteiger partial charge in [-0.25, -0.2) is 27.5 Å². The Bertz CT molecular complexity index is 4960. The highest BCUT2D eigenvalue weighted by Crippen LogP contribution is 2.57. The van der Waals surface area contributed by atoms with E-state index in [9.17, 15) is 48.3 Å². The summed E-state index contributed by atoms with van der Waals surface area (Å²) in [6, 6.07) is 20.1. The number of H-pyrrole nitrogens is 1. The second-order valence-corrected chi connectivity index (χ2v) is 33.8. The number of carbonyl (C=O) groups excluding carboxylic acids is 5. The first-order chi connectivity index (χ1) is 57.1. The lowest BCUT2D eigenvalue weighted by Crippen LogP contribution is -2.50. The van der Waals surface area contributed by atoms with Crippen LogP contribution in [-0.4, -0.2) is 261 Å². The fourth-order valence-electron chi connectivity index (χ4n) is 13.3. The van der Waals surface area contributed by atoms with Gasteiger partial charge in [0, 0.05) is 106 Å². The van der Waals surface area contributed by atoms with Crippen molar-refractivity contribution >= 4 is 78.3 Å². The van der Waals surface area contributed by atoms with Gasteiger partial charge in [0.25, 0.3) is 23.3 Å². The maximum Gasteiger partial charge on any atom is 0.351 e. The number of amides is 4. The summed E-state index contributed by atoms with van der Waals surface area (Å²) in [6.07, 6.45) is -15.1. The van der Waals surface area contributed by atoms with Crippen LogP contribution in [0, 0.1) is 54.7 Å². The summed E-state index contributed by atoms with van der Waals surface area (Å²) in [5, 5.41) is 16.5. The SMILES string of the molecule is [C-]#[N+]CCOP(=S)(OCC1OC(n2cc(C)c(NC(=O)c3ccccc3)nc2=O)C(OCCOC)C1OP(=S)(OCC[N+]#[C-])OCC1OC(n2cc(C)c(=O)[nH]c2=O)C(OCCOC)C1OC(=O)CCC(=O)N1CCN(C(=O)c2cc(C)c(C)c(C)c2)CC1)OC1C(CO)OC(n2cc(C)c(NC(=O)c3ccccc3)nc2=O)C1OCCOC. The fourth-order valence-corrected chi connectivity index (χ4v) is 17.5. The van der Waals surface area contributed by atoms with Crippen LogP contribution in [0.2, 0.25) is 0 Å². The number of hydrogen-bond donors (Lipinski definition) is 4. The van der Waals surface area contributed by atoms with Gasteiger partial charge in [-0.2, -0.15) is 9.97 Å². The van der Waals surface area contributed by atoms with Crippen LogP contribution in [0.4, 0.5) is 11.6 Å². The molecule has 14 atom stereocenters. The third-order valence-corrected chi connectivity index (χ3v) is 24.4. The number of rotatable bonds is 41. The van der Waals surface area contributed by atoms with Crippen molar-refractivity contribution in [3.8, 4) is 0 Å². The van der Waals surface area contributed by atoms with E-state index in [2.05, 4.69) is 35.3 Å². The van der Waals surface area contributed by atoms with Gasteiger partial charge in [-0.05, 0) is 118 Å². The predicted molar refractivity (Wildman–Crippen MR) is 432 cm³/mol. The molecule has 119 heavy (non-hydrogen) atoms. The van der Waals surface area contributed by atoms with Crippen LogP contribution in [0.15, 0.2) is 111 Å². The topological polar surface area (TPSA) is 417 Å². The minimum Gasteiger partial charge on any atom is -0.456 e. The van der Waals surface area contributed by atoms with Crippen LogP contribution in [0.25, 0.3) is 9.69 Å². The molecular formula is C77H96N12O26P2S2. The molecule has 642 valence electrons. The third-order valence-electron chi connectivity index (χ3n) is 19.7. The van der Waals surface area contributed by atoms with Crippen molar-refractivity contribution in [3.05, 3.63) is 206 Å². The zero-order valence-corrected chi connectivity index (χ0v) is 70.3. The molecule has 0 spiro atoms. The van der Waals surface area contributed by atoms with E-state index < -0.39 is 173 Å². The Morgan fingerprint density at radius 3 is 1.40 bits per heavy atom. The number of hydrogen-bond acceptors (Lipinski definition) is 30. The van der Waals surface area contributed by atoms with Gasteiger partial charge in [-0.1, -0.05) is 36.4 Å². The van der Waals surface area contributed by atoms with Crippen molar-refractivity contribution in [2.75, 3.05) is 144 Å². The van der Waals surface area contributed by atoms with Crippen LogP contribution in [0.5, 0.6) is 0 Å². The normalized spacial score (nSPS) is 22.7. The Kier molecular flexibility index (Phi) is 33.8. The molecule has 0 aliphatic carbocycles. The molecule has 4 fully saturated rings. The Labute approximate surface area is 694 Å². The van der Waals surface area contributed by atoms with E-state index in [4.69, 9.17) is 111 Å². The third kappa shape index (κ3) is 23.8. The molecule has 0 saturated carbocycles. The minimum absolute atomic E-state index is 0.00620. The second-order valence-electron chi connectivity index (χ2n) is 27.8. The van der Waals surface area contributed by atoms with Gasteiger partial charge < -0.3 is 101 Å². The number of carbonyl (C=O) groups is 5. The fraction of sp³-hybridized carbons (Fsp3) is 0.519. The lowest BCUT2D eigenvalue weighted by molar-refractivity contribution is -0.160. The van der Waals surface area contributed by atoms with E-state index in [1.807, 2.05) is 32.9 Å². The van der Waals surface area contributed by atoms with Gasteiger partial charge >= 0.3 is 36.5 Å². The standard InChI is InChI=1S/C77H96N12O26P2S2/c1-46-38-54(39-47(2)51(46)6)71(96)86-28-26-85(27-29-86)58(91)22-23-59(92)113-60-56(111-72(63(60)103-35-32-100-9)89-42-50(5)68(93)84-77(89)99)44-108-117(119,107-31-25-79-8)115-62-57(112-74(65(62)105-37-34-102-11)88-41-49(4)67(83-76(88)98)81-70(95)53-20-16-13-17-21-53)45-109-116(118,106-30-24-78-7)114-61-55(43-90)110-73(64(61)104-36-33-101-10)87-40-48(3)66(82-75(87)97)80-69(94)52-18-14-12-15-19-52/h12-21,38-42,55-57,60-65,72-74,90H,22-37,43-45H2,1-6,9-11H3,(H,84,93,99)(H,80,82,94,97)(H,81,83,95,98). The van der Waals surface area contributed by atoms with Gasteiger partial charge in [0.1, 0.15) is 73.7 Å². The molecule has 4 amide bonds. The average molecular weight is 1730 g/mol. The van der Waals surface area contributed by atoms with E-state index in [-0.39, 0.29) is 120 Å². The van der Waals surface area contributed by atoms with Crippen LogP contribution >= 0.6 is 13.4 Å². The molecule has 42 heteroatoms. The molecule has 6 aromatic rings. The first-order valence-electron chi connectivity index (χ1n) is 37.9. The quantitative estimate of drug-likeness (QED) is 0.0170. The smallest absolute Gasteiger partial charge is 0.351 e. The number of benzene rings is 3. The molecular weight excluding hydrogens is 1630 g/mol. The van der Waals surface area contributed by atoms with Gasteiger partial charge in [0.2, 0.25) is 19.0 Å². The Morgan fingerprint density at radius 1 is 0.529 bits per heavy atom. The van der Waals surface area contributed by atoms with Crippen molar-refractivity contribution in [1.29, 1.82) is 0 Å². The molecule has 3 aromatic carbocycles. The number of aliphatic hydroxyl groups excluding tert-OH is 1. The van der Waals surface area contributed by atoms with E-state index >= 15 is 0 Å². The summed E-state index contributed by atoms with van der Waals surface area (Å²) >= 11 is 12.6. The number of aliphatic hydroxyl groups is 1. The summed E-state index contributed by atoms with van der Waals surface area (Å²) in [5.74, 6) is -2.85. The van der Waals surface area contributed by atoms with Crippen molar-refractivity contribution in [2.24, 2.45) is 0 Å². The van der Waals surface area contributed by atoms with E-state index in [1.54, 1.807) is 84.3 Å². The Hall–Kier alpha value is -8.91. The molecule has 4 N–H and O–H groups in total. The van der Waals surface area contributed by atoms with Crippen molar-refractivity contribution in [3.63, 3.8) is 0 Å². The van der Waals surface area contributed by atoms with Gasteiger partial charge in [-0.3, -0.25) is 56.5 Å². The van der Waals surface area contributed by atoms with Crippen LogP contribution < -0.4 is 33.3 Å². The molecule has 14 unspecified atom stereocenters. The number of aryl methyl sites for hydroxylation is 5. The first-order valence-corrected chi connectivity index (χ1v) is 43.1. The number of esters is 1. The lowest BCUT2D eigenvalue weighted by Gasteiger charge is -2.35. The number of piperazine rings is 1. The Morgan fingerprint density at radius 2 is 0.950 bits per heavy atom. The maximum atomic E-state index is 14.7.